The zero-order valence-electron chi connectivity index (χ0n) is 29.8. The van der Waals surface area contributed by atoms with Gasteiger partial charge in [0, 0.05) is 23.7 Å². The highest BCUT2D eigenvalue weighted by Gasteiger charge is 2.52. The molecule has 0 N–H and O–H groups in total. The number of allylic oxidation sites excluding steroid dienone is 8. The molecule has 7 aliphatic rings. The topological polar surface area (TPSA) is 12.5 Å². The summed E-state index contributed by atoms with van der Waals surface area (Å²) in [5, 5.41) is 0. The monoisotopic (exact) mass is 669 g/mol. The van der Waals surface area contributed by atoms with Gasteiger partial charge in [0.25, 0.3) is 0 Å². The van der Waals surface area contributed by atoms with E-state index in [1.165, 1.54) is 78.5 Å². The van der Waals surface area contributed by atoms with Crippen LogP contribution in [0.1, 0.15) is 80.9 Å². The highest BCUT2D eigenvalue weighted by Crippen LogP contribution is 2.59. The second-order valence-electron chi connectivity index (χ2n) is 16.2. The van der Waals surface area contributed by atoms with Gasteiger partial charge >= 0.3 is 0 Å². The summed E-state index contributed by atoms with van der Waals surface area (Å²) in [5.41, 5.74) is 10.0. The minimum absolute atomic E-state index is 0.203. The number of ether oxygens (including phenoxy) is 1. The zero-order chi connectivity index (χ0) is 33.8. The molecule has 2 nitrogen and oxygen atoms in total. The van der Waals surface area contributed by atoms with Gasteiger partial charge in [-0.1, -0.05) is 133 Å². The van der Waals surface area contributed by atoms with Crippen molar-refractivity contribution in [3.05, 3.63) is 162 Å². The standard InChI is InChI=1S/C49H51NO/c1-4-15-34(16-5-1)35-27-29-38(30-28-35)50(45-24-14-26-47-48(45)42-22-11-13-25-46(42)51-47)39-31-32-41-40-21-10-12-23-43(40)49(44(41)33-39,36-17-6-2-7-18-36)37-19-8-3-9-20-37/h1-4,6-10,12-14,17-19,21,23,25-27,31-34,37-38,42,45-48H,5,11,15-16,20,22,24,28-30H2. The first-order valence-electron chi connectivity index (χ1n) is 20.0. The summed E-state index contributed by atoms with van der Waals surface area (Å²) in [4.78, 5) is 2.95. The van der Waals surface area contributed by atoms with Crippen LogP contribution >= 0.6 is 0 Å². The van der Waals surface area contributed by atoms with E-state index in [1.54, 1.807) is 5.57 Å². The maximum absolute atomic E-state index is 6.82. The maximum atomic E-state index is 6.82. The van der Waals surface area contributed by atoms with E-state index in [0.29, 0.717) is 29.8 Å². The number of rotatable bonds is 6. The molecule has 1 aliphatic heterocycles. The number of hydrogen-bond acceptors (Lipinski definition) is 2. The van der Waals surface area contributed by atoms with Crippen LogP contribution in [-0.4, -0.2) is 24.3 Å². The van der Waals surface area contributed by atoms with Gasteiger partial charge in [0.05, 0.1) is 17.6 Å². The molecular formula is C49H51NO. The second-order valence-corrected chi connectivity index (χ2v) is 16.2. The number of nitrogens with zero attached hydrogens (tertiary/aromatic N) is 1. The maximum Gasteiger partial charge on any atom is 0.0815 e. The summed E-state index contributed by atoms with van der Waals surface area (Å²) in [6.45, 7) is 0. The molecule has 10 rings (SSSR count). The Morgan fingerprint density at radius 3 is 2.35 bits per heavy atom. The summed E-state index contributed by atoms with van der Waals surface area (Å²) in [6.07, 6.45) is 38.8. The molecule has 258 valence electrons. The highest BCUT2D eigenvalue weighted by molar-refractivity contribution is 5.85. The minimum Gasteiger partial charge on any atom is -0.366 e. The molecule has 0 saturated carbocycles. The van der Waals surface area contributed by atoms with Crippen molar-refractivity contribution in [3.8, 4) is 11.1 Å². The molecule has 1 heterocycles. The van der Waals surface area contributed by atoms with E-state index in [2.05, 4.69) is 145 Å². The molecule has 9 unspecified atom stereocenters. The van der Waals surface area contributed by atoms with Crippen molar-refractivity contribution in [3.63, 3.8) is 0 Å². The fraction of sp³-hybridized carbons (Fsp3) is 0.388. The average Bonchev–Trinajstić information content (AvgIpc) is 3.74. The minimum atomic E-state index is -0.255. The van der Waals surface area contributed by atoms with Crippen molar-refractivity contribution < 1.29 is 4.74 Å². The Morgan fingerprint density at radius 2 is 1.51 bits per heavy atom. The van der Waals surface area contributed by atoms with E-state index in [-0.39, 0.29) is 17.6 Å². The molecule has 2 heteroatoms. The lowest BCUT2D eigenvalue weighted by molar-refractivity contribution is 0.0757. The first-order valence-corrected chi connectivity index (χ1v) is 20.0. The van der Waals surface area contributed by atoms with Crippen molar-refractivity contribution in [1.82, 2.24) is 0 Å². The molecule has 0 bridgehead atoms. The van der Waals surface area contributed by atoms with Crippen molar-refractivity contribution in [2.45, 2.75) is 93.9 Å². The second kappa shape index (κ2) is 13.1. The lowest BCUT2D eigenvalue weighted by atomic mass is 9.62. The number of fused-ring (bicyclic) bond motifs is 6. The van der Waals surface area contributed by atoms with Gasteiger partial charge < -0.3 is 9.64 Å². The molecule has 1 saturated heterocycles. The molecule has 3 aromatic carbocycles. The summed E-state index contributed by atoms with van der Waals surface area (Å²) in [7, 11) is 0. The SMILES string of the molecule is C1=CCC(C2(c3ccccc3)c3ccccc3-c3ccc(N(C4CC=C(C5CC=CCC5)CC4)C4CC=CC5OC6C=CCCC6C54)cc32)C=C1. The Balaban J connectivity index is 1.13. The van der Waals surface area contributed by atoms with Gasteiger partial charge in [0.15, 0.2) is 0 Å². The first kappa shape index (κ1) is 31.6. The molecular weight excluding hydrogens is 619 g/mol. The van der Waals surface area contributed by atoms with Crippen LogP contribution in [0.3, 0.4) is 0 Å². The van der Waals surface area contributed by atoms with Gasteiger partial charge in [-0.3, -0.25) is 0 Å². The van der Waals surface area contributed by atoms with E-state index < -0.39 is 0 Å². The van der Waals surface area contributed by atoms with E-state index in [0.717, 1.165) is 25.2 Å². The van der Waals surface area contributed by atoms with Crippen LogP contribution < -0.4 is 4.90 Å². The Kier molecular flexibility index (Phi) is 8.13. The van der Waals surface area contributed by atoms with Gasteiger partial charge in [-0.2, -0.15) is 0 Å². The van der Waals surface area contributed by atoms with Crippen LogP contribution in [0.2, 0.25) is 0 Å². The predicted molar refractivity (Wildman–Crippen MR) is 211 cm³/mol. The van der Waals surface area contributed by atoms with Crippen LogP contribution in [0, 0.1) is 23.7 Å². The number of anilines is 1. The Morgan fingerprint density at radius 1 is 0.647 bits per heavy atom. The molecule has 6 aliphatic carbocycles. The van der Waals surface area contributed by atoms with Crippen LogP contribution in [0.25, 0.3) is 11.1 Å². The van der Waals surface area contributed by atoms with Crippen LogP contribution in [0.15, 0.2) is 145 Å². The van der Waals surface area contributed by atoms with Gasteiger partial charge in [0.1, 0.15) is 0 Å². The van der Waals surface area contributed by atoms with Crippen molar-refractivity contribution in [2.75, 3.05) is 4.90 Å². The van der Waals surface area contributed by atoms with Crippen molar-refractivity contribution >= 4 is 5.69 Å². The van der Waals surface area contributed by atoms with Crippen LogP contribution in [0.5, 0.6) is 0 Å². The third kappa shape index (κ3) is 5.15. The Labute approximate surface area is 305 Å². The van der Waals surface area contributed by atoms with Gasteiger partial charge in [-0.05, 0) is 122 Å². The lowest BCUT2D eigenvalue weighted by Gasteiger charge is -2.48. The van der Waals surface area contributed by atoms with E-state index in [9.17, 15) is 0 Å². The molecule has 51 heavy (non-hydrogen) atoms. The number of hydrogen-bond donors (Lipinski definition) is 0. The third-order valence-corrected chi connectivity index (χ3v) is 13.8. The predicted octanol–water partition coefficient (Wildman–Crippen LogP) is 11.5. The fourth-order valence-electron chi connectivity index (χ4n) is 11.6. The van der Waals surface area contributed by atoms with E-state index in [1.807, 2.05) is 0 Å². The third-order valence-electron chi connectivity index (χ3n) is 13.8. The van der Waals surface area contributed by atoms with Crippen molar-refractivity contribution in [1.29, 1.82) is 0 Å². The largest absolute Gasteiger partial charge is 0.366 e. The molecule has 3 aromatic rings. The van der Waals surface area contributed by atoms with Gasteiger partial charge in [0.2, 0.25) is 0 Å². The lowest BCUT2D eigenvalue weighted by Crippen LogP contribution is -2.52. The Bertz CT molecular complexity index is 1960. The highest BCUT2D eigenvalue weighted by atomic mass is 16.5. The normalized spacial score (nSPS) is 34.4. The smallest absolute Gasteiger partial charge is 0.0815 e. The zero-order valence-corrected chi connectivity index (χ0v) is 29.8. The molecule has 0 spiro atoms. The fourth-order valence-corrected chi connectivity index (χ4v) is 11.6. The quantitative estimate of drug-likeness (QED) is 0.242. The summed E-state index contributed by atoms with van der Waals surface area (Å²) in [6, 6.07) is 29.3. The van der Waals surface area contributed by atoms with Crippen LogP contribution in [-0.2, 0) is 10.2 Å². The van der Waals surface area contributed by atoms with E-state index in [4.69, 9.17) is 4.74 Å². The van der Waals surface area contributed by atoms with Gasteiger partial charge in [-0.15, -0.1) is 0 Å². The number of benzene rings is 3. The van der Waals surface area contributed by atoms with Crippen molar-refractivity contribution in [2.24, 2.45) is 23.7 Å². The average molecular weight is 670 g/mol. The summed E-state index contributed by atoms with van der Waals surface area (Å²) >= 11 is 0. The molecule has 9 atom stereocenters. The summed E-state index contributed by atoms with van der Waals surface area (Å²) in [5.74, 6) is 2.17. The molecule has 0 amide bonds. The Hall–Kier alpha value is -4.14. The first-order chi connectivity index (χ1) is 25.3. The molecule has 0 radical (unpaired) electrons. The molecule has 1 fully saturated rings. The summed E-state index contributed by atoms with van der Waals surface area (Å²) < 4.78 is 6.82. The van der Waals surface area contributed by atoms with Gasteiger partial charge in [-0.25, -0.2) is 0 Å². The van der Waals surface area contributed by atoms with E-state index >= 15 is 0 Å². The van der Waals surface area contributed by atoms with Crippen LogP contribution in [0.4, 0.5) is 5.69 Å². The molecule has 0 aromatic heterocycles.